The lowest BCUT2D eigenvalue weighted by Crippen LogP contribution is -2.41. The number of amides is 1. The molecule has 3 nitrogen and oxygen atoms in total. The Hall–Kier alpha value is -1.35. The summed E-state index contributed by atoms with van der Waals surface area (Å²) >= 11 is 0. The van der Waals surface area contributed by atoms with Crippen molar-refractivity contribution in [3.8, 4) is 0 Å². The first-order chi connectivity index (χ1) is 8.78. The molecule has 0 aliphatic carbocycles. The Labute approximate surface area is 117 Å². The molecule has 3 heteroatoms. The number of quaternary nitrogens is 1. The molecule has 106 valence electrons. The number of hydrogen-bond donors (Lipinski definition) is 1. The van der Waals surface area contributed by atoms with E-state index in [0.29, 0.717) is 12.5 Å². The Morgan fingerprint density at radius 1 is 1.26 bits per heavy atom. The fraction of sp³-hybridized carbons (Fsp3) is 0.562. The summed E-state index contributed by atoms with van der Waals surface area (Å²) in [5.41, 5.74) is 1.99. The minimum absolute atomic E-state index is 0.0269. The second-order valence-electron chi connectivity index (χ2n) is 6.57. The van der Waals surface area contributed by atoms with Crippen LogP contribution in [0.3, 0.4) is 0 Å². The molecule has 1 amide bonds. The van der Waals surface area contributed by atoms with Crippen molar-refractivity contribution < 1.29 is 9.28 Å². The van der Waals surface area contributed by atoms with Crippen LogP contribution in [-0.4, -0.2) is 44.6 Å². The molecule has 0 aliphatic heterocycles. The molecule has 0 saturated carbocycles. The zero-order chi connectivity index (χ0) is 14.5. The first-order valence-electron chi connectivity index (χ1n) is 6.95. The molecule has 0 spiro atoms. The van der Waals surface area contributed by atoms with Crippen LogP contribution in [0.2, 0.25) is 0 Å². The first-order valence-corrected chi connectivity index (χ1v) is 6.95. The highest BCUT2D eigenvalue weighted by Crippen LogP contribution is 2.10. The minimum Gasteiger partial charge on any atom is -0.346 e. The second-order valence-corrected chi connectivity index (χ2v) is 6.57. The third-order valence-corrected chi connectivity index (χ3v) is 2.90. The molecule has 0 atom stereocenters. The number of benzene rings is 1. The van der Waals surface area contributed by atoms with Crippen LogP contribution >= 0.6 is 0 Å². The highest BCUT2D eigenvalue weighted by atomic mass is 16.1. The van der Waals surface area contributed by atoms with Gasteiger partial charge in [0.1, 0.15) is 0 Å². The SMILES string of the molecule is CC(C)Cc1cccc(C(=O)NCC[N+](C)(C)C)c1. The molecule has 1 N–H and O–H groups in total. The molecule has 0 fully saturated rings. The lowest BCUT2D eigenvalue weighted by Gasteiger charge is -2.23. The van der Waals surface area contributed by atoms with Crippen LogP contribution in [0.1, 0.15) is 29.8 Å². The van der Waals surface area contributed by atoms with E-state index in [-0.39, 0.29) is 5.91 Å². The van der Waals surface area contributed by atoms with Gasteiger partial charge in [-0.3, -0.25) is 4.79 Å². The first kappa shape index (κ1) is 15.7. The van der Waals surface area contributed by atoms with Gasteiger partial charge < -0.3 is 9.80 Å². The monoisotopic (exact) mass is 263 g/mol. The number of hydrogen-bond acceptors (Lipinski definition) is 1. The van der Waals surface area contributed by atoms with Crippen LogP contribution in [0.25, 0.3) is 0 Å². The smallest absolute Gasteiger partial charge is 0.251 e. The van der Waals surface area contributed by atoms with Crippen LogP contribution in [0.5, 0.6) is 0 Å². The van der Waals surface area contributed by atoms with Gasteiger partial charge in [-0.05, 0) is 30.0 Å². The number of rotatable bonds is 6. The standard InChI is InChI=1S/C16H26N2O/c1-13(2)11-14-7-6-8-15(12-14)16(19)17-9-10-18(3,4)5/h6-8,12-13H,9-11H2,1-5H3/p+1. The molecular formula is C16H27N2O+. The summed E-state index contributed by atoms with van der Waals surface area (Å²) in [6.07, 6.45) is 1.01. The number of nitrogens with one attached hydrogen (secondary N) is 1. The Morgan fingerprint density at radius 2 is 1.95 bits per heavy atom. The van der Waals surface area contributed by atoms with E-state index in [1.807, 2.05) is 18.2 Å². The van der Waals surface area contributed by atoms with Crippen molar-refractivity contribution in [2.75, 3.05) is 34.2 Å². The minimum atomic E-state index is 0.0269. The summed E-state index contributed by atoms with van der Waals surface area (Å²) in [6, 6.07) is 7.93. The van der Waals surface area contributed by atoms with E-state index < -0.39 is 0 Å². The van der Waals surface area contributed by atoms with Gasteiger partial charge in [0.05, 0.1) is 34.2 Å². The zero-order valence-electron chi connectivity index (χ0n) is 12.9. The highest BCUT2D eigenvalue weighted by Gasteiger charge is 2.10. The van der Waals surface area contributed by atoms with Crippen LogP contribution in [0.15, 0.2) is 24.3 Å². The lowest BCUT2D eigenvalue weighted by atomic mass is 10.0. The molecule has 0 bridgehead atoms. The number of nitrogens with zero attached hydrogens (tertiary/aromatic N) is 1. The zero-order valence-corrected chi connectivity index (χ0v) is 12.9. The van der Waals surface area contributed by atoms with Crippen LogP contribution in [0, 0.1) is 5.92 Å². The van der Waals surface area contributed by atoms with Gasteiger partial charge in [0.15, 0.2) is 0 Å². The fourth-order valence-corrected chi connectivity index (χ4v) is 1.92. The number of carbonyl (C=O) groups is 1. The summed E-state index contributed by atoms with van der Waals surface area (Å²) < 4.78 is 0.855. The molecule has 0 unspecified atom stereocenters. The van der Waals surface area contributed by atoms with Crippen molar-refractivity contribution in [1.82, 2.24) is 5.32 Å². The maximum absolute atomic E-state index is 12.1. The molecule has 1 aromatic carbocycles. The van der Waals surface area contributed by atoms with E-state index >= 15 is 0 Å². The molecule has 1 rings (SSSR count). The highest BCUT2D eigenvalue weighted by molar-refractivity contribution is 5.94. The van der Waals surface area contributed by atoms with E-state index in [9.17, 15) is 4.79 Å². The number of likely N-dealkylation sites (N-methyl/N-ethyl adjacent to an activating group) is 1. The molecule has 1 aromatic rings. The third kappa shape index (κ3) is 6.39. The summed E-state index contributed by atoms with van der Waals surface area (Å²) in [5.74, 6) is 0.635. The lowest BCUT2D eigenvalue weighted by molar-refractivity contribution is -0.869. The van der Waals surface area contributed by atoms with Gasteiger partial charge in [-0.15, -0.1) is 0 Å². The topological polar surface area (TPSA) is 29.1 Å². The van der Waals surface area contributed by atoms with Gasteiger partial charge >= 0.3 is 0 Å². The Kier molecular flexibility index (Phi) is 5.55. The molecule has 0 saturated heterocycles. The van der Waals surface area contributed by atoms with Crippen LogP contribution in [-0.2, 0) is 6.42 Å². The molecular weight excluding hydrogens is 236 g/mol. The summed E-state index contributed by atoms with van der Waals surface area (Å²) in [6.45, 7) is 6.01. The predicted molar refractivity (Wildman–Crippen MR) is 80.2 cm³/mol. The van der Waals surface area contributed by atoms with Crippen molar-refractivity contribution >= 4 is 5.91 Å². The summed E-state index contributed by atoms with van der Waals surface area (Å²) in [7, 11) is 6.36. The van der Waals surface area contributed by atoms with E-state index in [4.69, 9.17) is 0 Å². The summed E-state index contributed by atoms with van der Waals surface area (Å²) in [5, 5.41) is 2.98. The fourth-order valence-electron chi connectivity index (χ4n) is 1.92. The molecule has 0 aromatic heterocycles. The third-order valence-electron chi connectivity index (χ3n) is 2.90. The summed E-state index contributed by atoms with van der Waals surface area (Å²) in [4.78, 5) is 12.1. The van der Waals surface area contributed by atoms with Crippen LogP contribution < -0.4 is 5.32 Å². The van der Waals surface area contributed by atoms with Gasteiger partial charge in [0, 0.05) is 5.56 Å². The van der Waals surface area contributed by atoms with Crippen molar-refractivity contribution in [3.63, 3.8) is 0 Å². The van der Waals surface area contributed by atoms with E-state index in [2.05, 4.69) is 46.4 Å². The molecule has 0 radical (unpaired) electrons. The second kappa shape index (κ2) is 6.71. The Bertz CT molecular complexity index is 419. The van der Waals surface area contributed by atoms with Gasteiger partial charge in [-0.25, -0.2) is 0 Å². The van der Waals surface area contributed by atoms with E-state index in [1.165, 1.54) is 5.56 Å². The normalized spacial score (nSPS) is 11.7. The molecule has 0 heterocycles. The van der Waals surface area contributed by atoms with E-state index in [0.717, 1.165) is 23.0 Å². The maximum Gasteiger partial charge on any atom is 0.251 e. The van der Waals surface area contributed by atoms with E-state index in [1.54, 1.807) is 0 Å². The quantitative estimate of drug-likeness (QED) is 0.784. The average molecular weight is 263 g/mol. The maximum atomic E-state index is 12.1. The molecule has 19 heavy (non-hydrogen) atoms. The largest absolute Gasteiger partial charge is 0.346 e. The average Bonchev–Trinajstić information content (AvgIpc) is 2.26. The van der Waals surface area contributed by atoms with Crippen molar-refractivity contribution in [2.24, 2.45) is 5.92 Å². The van der Waals surface area contributed by atoms with Gasteiger partial charge in [-0.1, -0.05) is 26.0 Å². The number of carbonyl (C=O) groups excluding carboxylic acids is 1. The van der Waals surface area contributed by atoms with Crippen molar-refractivity contribution in [1.29, 1.82) is 0 Å². The van der Waals surface area contributed by atoms with Gasteiger partial charge in [-0.2, -0.15) is 0 Å². The van der Waals surface area contributed by atoms with Crippen LogP contribution in [0.4, 0.5) is 0 Å². The van der Waals surface area contributed by atoms with Crippen molar-refractivity contribution in [3.05, 3.63) is 35.4 Å². The van der Waals surface area contributed by atoms with Gasteiger partial charge in [0.25, 0.3) is 5.91 Å². The Balaban J connectivity index is 2.57. The van der Waals surface area contributed by atoms with Crippen molar-refractivity contribution in [2.45, 2.75) is 20.3 Å². The molecule has 0 aliphatic rings. The van der Waals surface area contributed by atoms with Gasteiger partial charge in [0.2, 0.25) is 0 Å². The predicted octanol–water partition coefficient (Wildman–Crippen LogP) is 2.32. The Morgan fingerprint density at radius 3 is 2.53 bits per heavy atom.